The third-order valence-corrected chi connectivity index (χ3v) is 4.50. The summed E-state index contributed by atoms with van der Waals surface area (Å²) in [6.45, 7) is 2.82. The van der Waals surface area contributed by atoms with Gasteiger partial charge in [0.15, 0.2) is 5.16 Å². The van der Waals surface area contributed by atoms with Gasteiger partial charge in [-0.2, -0.15) is 5.10 Å². The number of para-hydroxylation sites is 2. The van der Waals surface area contributed by atoms with E-state index in [2.05, 4.69) is 20.1 Å². The second-order valence-corrected chi connectivity index (χ2v) is 6.21. The molecule has 25 heavy (non-hydrogen) atoms. The third-order valence-electron chi connectivity index (χ3n) is 3.52. The summed E-state index contributed by atoms with van der Waals surface area (Å²) < 4.78 is 15.1. The topological polar surface area (TPSA) is 59.3 Å². The summed E-state index contributed by atoms with van der Waals surface area (Å²) in [4.78, 5) is 16.5. The number of amides is 1. The normalized spacial score (nSPS) is 11.3. The number of carbonyl (C=O) groups excluding carboxylic acids is 1. The van der Waals surface area contributed by atoms with Crippen molar-refractivity contribution in [3.63, 3.8) is 0 Å². The summed E-state index contributed by atoms with van der Waals surface area (Å²) in [5.41, 5.74) is 4.99. The maximum absolute atomic E-state index is 13.1. The van der Waals surface area contributed by atoms with Gasteiger partial charge in [0.25, 0.3) is 5.91 Å². The number of nitrogens with one attached hydrogen (secondary N) is 1. The highest BCUT2D eigenvalue weighted by atomic mass is 32.2. The lowest BCUT2D eigenvalue weighted by atomic mass is 10.2. The molecule has 7 heteroatoms. The van der Waals surface area contributed by atoms with Crippen LogP contribution in [0.25, 0.3) is 11.0 Å². The van der Waals surface area contributed by atoms with Gasteiger partial charge in [-0.25, -0.2) is 14.8 Å². The van der Waals surface area contributed by atoms with Crippen LogP contribution in [-0.2, 0) is 11.3 Å². The largest absolute Gasteiger partial charge is 0.319 e. The quantitative estimate of drug-likeness (QED) is 0.418. The number of aromatic nitrogens is 2. The van der Waals surface area contributed by atoms with E-state index >= 15 is 0 Å². The van der Waals surface area contributed by atoms with Crippen LogP contribution in [0.5, 0.6) is 0 Å². The summed E-state index contributed by atoms with van der Waals surface area (Å²) in [6, 6.07) is 13.9. The molecule has 0 saturated heterocycles. The van der Waals surface area contributed by atoms with Crippen molar-refractivity contribution in [2.75, 3.05) is 5.75 Å². The number of imidazole rings is 1. The van der Waals surface area contributed by atoms with Gasteiger partial charge in [0.2, 0.25) is 0 Å². The van der Waals surface area contributed by atoms with Crippen LogP contribution in [0.15, 0.2) is 58.8 Å². The van der Waals surface area contributed by atoms with Crippen molar-refractivity contribution in [1.82, 2.24) is 15.0 Å². The molecule has 1 N–H and O–H groups in total. The Balaban J connectivity index is 1.59. The van der Waals surface area contributed by atoms with E-state index in [9.17, 15) is 9.18 Å². The first-order chi connectivity index (χ1) is 12.2. The van der Waals surface area contributed by atoms with E-state index in [0.717, 1.165) is 22.7 Å². The monoisotopic (exact) mass is 356 g/mol. The lowest BCUT2D eigenvalue weighted by Crippen LogP contribution is -2.20. The third kappa shape index (κ3) is 4.24. The van der Waals surface area contributed by atoms with Crippen LogP contribution in [0.4, 0.5) is 4.39 Å². The Morgan fingerprint density at radius 2 is 2.16 bits per heavy atom. The minimum absolute atomic E-state index is 0.198. The highest BCUT2D eigenvalue weighted by Gasteiger charge is 2.11. The first-order valence-electron chi connectivity index (χ1n) is 7.83. The molecule has 2 aromatic carbocycles. The fraction of sp³-hybridized carbons (Fsp3) is 0.167. The maximum atomic E-state index is 13.1. The average molecular weight is 356 g/mol. The molecule has 0 aliphatic heterocycles. The molecular weight excluding hydrogens is 339 g/mol. The molecule has 3 aromatic rings. The SMILES string of the molecule is CCn1c(SCC(=O)NN=Cc2cccc(F)c2)nc2ccccc21. The summed E-state index contributed by atoms with van der Waals surface area (Å²) >= 11 is 1.36. The second kappa shape index (κ2) is 7.94. The highest BCUT2D eigenvalue weighted by Crippen LogP contribution is 2.23. The Labute approximate surface area is 148 Å². The van der Waals surface area contributed by atoms with Crippen LogP contribution in [0.2, 0.25) is 0 Å². The number of nitrogens with zero attached hydrogens (tertiary/aromatic N) is 3. The fourth-order valence-corrected chi connectivity index (χ4v) is 3.27. The molecule has 0 aliphatic rings. The molecule has 1 heterocycles. The van der Waals surface area contributed by atoms with Crippen molar-refractivity contribution in [2.45, 2.75) is 18.6 Å². The fourth-order valence-electron chi connectivity index (χ4n) is 2.40. The minimum Gasteiger partial charge on any atom is -0.319 e. The number of halogens is 1. The molecule has 1 aromatic heterocycles. The molecule has 1 amide bonds. The lowest BCUT2D eigenvalue weighted by Gasteiger charge is -2.04. The van der Waals surface area contributed by atoms with Gasteiger partial charge in [0, 0.05) is 6.54 Å². The molecule has 0 radical (unpaired) electrons. The molecule has 0 unspecified atom stereocenters. The number of fused-ring (bicyclic) bond motifs is 1. The van der Waals surface area contributed by atoms with Gasteiger partial charge < -0.3 is 4.57 Å². The second-order valence-electron chi connectivity index (χ2n) is 5.26. The van der Waals surface area contributed by atoms with E-state index < -0.39 is 0 Å². The van der Waals surface area contributed by atoms with Gasteiger partial charge in [-0.1, -0.05) is 36.0 Å². The number of hydrogen-bond donors (Lipinski definition) is 1. The Kier molecular flexibility index (Phi) is 5.45. The van der Waals surface area contributed by atoms with Crippen molar-refractivity contribution in [3.05, 3.63) is 59.9 Å². The van der Waals surface area contributed by atoms with E-state index in [-0.39, 0.29) is 17.5 Å². The molecule has 0 spiro atoms. The molecule has 0 saturated carbocycles. The van der Waals surface area contributed by atoms with E-state index in [4.69, 9.17) is 0 Å². The van der Waals surface area contributed by atoms with Crippen molar-refractivity contribution >= 4 is 34.9 Å². The zero-order valence-electron chi connectivity index (χ0n) is 13.6. The molecule has 3 rings (SSSR count). The summed E-state index contributed by atoms with van der Waals surface area (Å²) in [6.07, 6.45) is 1.41. The van der Waals surface area contributed by atoms with Gasteiger partial charge in [0.05, 0.1) is 23.0 Å². The number of thioether (sulfide) groups is 1. The van der Waals surface area contributed by atoms with Gasteiger partial charge in [0.1, 0.15) is 5.82 Å². The van der Waals surface area contributed by atoms with Crippen molar-refractivity contribution in [3.8, 4) is 0 Å². The first-order valence-corrected chi connectivity index (χ1v) is 8.81. The number of carbonyl (C=O) groups is 1. The molecule has 0 atom stereocenters. The van der Waals surface area contributed by atoms with E-state index in [1.807, 2.05) is 31.2 Å². The standard InChI is InChI=1S/C18H17FN4OS/c1-2-23-16-9-4-3-8-15(16)21-18(23)25-12-17(24)22-20-11-13-6-5-7-14(19)10-13/h3-11H,2,12H2,1H3,(H,22,24). The molecular formula is C18H17FN4OS. The molecule has 0 bridgehead atoms. The Morgan fingerprint density at radius 1 is 1.32 bits per heavy atom. The number of aryl methyl sites for hydroxylation is 1. The van der Waals surface area contributed by atoms with E-state index in [0.29, 0.717) is 5.56 Å². The van der Waals surface area contributed by atoms with Crippen LogP contribution < -0.4 is 5.43 Å². The lowest BCUT2D eigenvalue weighted by molar-refractivity contribution is -0.118. The van der Waals surface area contributed by atoms with Crippen LogP contribution in [-0.4, -0.2) is 27.4 Å². The number of hydrogen-bond acceptors (Lipinski definition) is 4. The summed E-state index contributed by atoms with van der Waals surface area (Å²) in [5.74, 6) is -0.388. The van der Waals surface area contributed by atoms with Gasteiger partial charge in [-0.05, 0) is 36.8 Å². The Morgan fingerprint density at radius 3 is 2.96 bits per heavy atom. The number of benzene rings is 2. The van der Waals surface area contributed by atoms with Crippen molar-refractivity contribution < 1.29 is 9.18 Å². The Hall–Kier alpha value is -2.67. The van der Waals surface area contributed by atoms with Crippen molar-refractivity contribution in [1.29, 1.82) is 0 Å². The molecule has 128 valence electrons. The smallest absolute Gasteiger partial charge is 0.250 e. The molecule has 5 nitrogen and oxygen atoms in total. The van der Waals surface area contributed by atoms with Gasteiger partial charge in [-0.15, -0.1) is 0 Å². The zero-order valence-corrected chi connectivity index (χ0v) is 14.5. The van der Waals surface area contributed by atoms with Gasteiger partial charge >= 0.3 is 0 Å². The molecule has 0 aliphatic carbocycles. The van der Waals surface area contributed by atoms with E-state index in [1.54, 1.807) is 12.1 Å². The number of rotatable bonds is 6. The first kappa shape index (κ1) is 17.2. The van der Waals surface area contributed by atoms with Crippen LogP contribution >= 0.6 is 11.8 Å². The van der Waals surface area contributed by atoms with E-state index in [1.165, 1.54) is 30.1 Å². The van der Waals surface area contributed by atoms with Crippen molar-refractivity contribution in [2.24, 2.45) is 5.10 Å². The predicted molar refractivity (Wildman–Crippen MR) is 98.3 cm³/mol. The maximum Gasteiger partial charge on any atom is 0.250 e. The highest BCUT2D eigenvalue weighted by molar-refractivity contribution is 7.99. The number of hydrazone groups is 1. The summed E-state index contributed by atoms with van der Waals surface area (Å²) in [7, 11) is 0. The predicted octanol–water partition coefficient (Wildman–Crippen LogP) is 3.44. The van der Waals surface area contributed by atoms with Crippen LogP contribution in [0, 0.1) is 5.82 Å². The summed E-state index contributed by atoms with van der Waals surface area (Å²) in [5, 5.41) is 4.65. The average Bonchev–Trinajstić information content (AvgIpc) is 2.97. The van der Waals surface area contributed by atoms with Gasteiger partial charge in [-0.3, -0.25) is 4.79 Å². The Bertz CT molecular complexity index is 922. The minimum atomic E-state index is -0.343. The van der Waals surface area contributed by atoms with Crippen LogP contribution in [0.1, 0.15) is 12.5 Å². The van der Waals surface area contributed by atoms with Crippen LogP contribution in [0.3, 0.4) is 0 Å². The molecule has 0 fully saturated rings. The zero-order chi connectivity index (χ0) is 17.6.